The van der Waals surface area contributed by atoms with Crippen LogP contribution in [0.15, 0.2) is 68.0 Å². The Morgan fingerprint density at radius 2 is 1.88 bits per heavy atom. The molecule has 0 fully saturated rings. The van der Waals surface area contributed by atoms with Crippen LogP contribution in [0.25, 0.3) is 10.2 Å². The molecule has 4 rings (SSSR count). The van der Waals surface area contributed by atoms with E-state index in [4.69, 9.17) is 9.47 Å². The number of rotatable bonds is 6. The Hall–Kier alpha value is -3.17. The molecule has 0 amide bonds. The van der Waals surface area contributed by atoms with Gasteiger partial charge in [-0.25, -0.2) is 9.59 Å². The number of carbonyl (C=O) groups is 1. The number of nitrogens with zero attached hydrogens (tertiary/aromatic N) is 2. The Labute approximate surface area is 195 Å². The number of halogens is 1. The van der Waals surface area contributed by atoms with Gasteiger partial charge in [0, 0.05) is 22.5 Å². The molecule has 0 saturated carbocycles. The second-order valence-corrected chi connectivity index (χ2v) is 8.85. The van der Waals surface area contributed by atoms with E-state index >= 15 is 0 Å². The van der Waals surface area contributed by atoms with Crippen molar-refractivity contribution in [3.8, 4) is 5.75 Å². The van der Waals surface area contributed by atoms with Crippen molar-refractivity contribution in [2.45, 2.75) is 13.2 Å². The van der Waals surface area contributed by atoms with Crippen molar-refractivity contribution < 1.29 is 14.3 Å². The average molecular weight is 515 g/mol. The van der Waals surface area contributed by atoms with Crippen LogP contribution in [0.1, 0.15) is 21.5 Å². The third-order valence-corrected chi connectivity index (χ3v) is 6.61. The zero-order chi connectivity index (χ0) is 22.8. The molecule has 0 aliphatic rings. The molecule has 2 aromatic carbocycles. The van der Waals surface area contributed by atoms with Gasteiger partial charge in [0.1, 0.15) is 17.2 Å². The van der Waals surface area contributed by atoms with Gasteiger partial charge in [-0.1, -0.05) is 46.3 Å². The molecule has 0 unspecified atom stereocenters. The van der Waals surface area contributed by atoms with E-state index < -0.39 is 17.2 Å². The highest BCUT2D eigenvalue weighted by molar-refractivity contribution is 9.10. The molecule has 2 heterocycles. The van der Waals surface area contributed by atoms with Gasteiger partial charge < -0.3 is 9.47 Å². The van der Waals surface area contributed by atoms with E-state index in [9.17, 15) is 14.4 Å². The molecule has 2 aromatic heterocycles. The van der Waals surface area contributed by atoms with Crippen molar-refractivity contribution in [1.82, 2.24) is 9.13 Å². The van der Waals surface area contributed by atoms with Crippen LogP contribution in [0.2, 0.25) is 0 Å². The van der Waals surface area contributed by atoms with E-state index in [1.807, 2.05) is 36.4 Å². The second-order valence-electron chi connectivity index (χ2n) is 7.08. The van der Waals surface area contributed by atoms with Crippen LogP contribution in [0.5, 0.6) is 5.75 Å². The molecule has 0 aliphatic carbocycles. The number of carbonyl (C=O) groups excluding carboxylic acids is 1. The lowest BCUT2D eigenvalue weighted by Crippen LogP contribution is -2.39. The lowest BCUT2D eigenvalue weighted by Gasteiger charge is -2.11. The summed E-state index contributed by atoms with van der Waals surface area (Å²) in [6.45, 7) is 0.0879. The highest BCUT2D eigenvalue weighted by atomic mass is 79.9. The Bertz CT molecular complexity index is 1420. The first-order chi connectivity index (χ1) is 15.4. The minimum absolute atomic E-state index is 0.0250. The molecule has 0 spiro atoms. The van der Waals surface area contributed by atoms with Crippen LogP contribution >= 0.6 is 27.3 Å². The summed E-state index contributed by atoms with van der Waals surface area (Å²) >= 11 is 4.55. The number of esters is 1. The Morgan fingerprint density at radius 1 is 1.12 bits per heavy atom. The van der Waals surface area contributed by atoms with Gasteiger partial charge >= 0.3 is 11.7 Å². The SMILES string of the molecule is COc1ccc(Br)cc1COC(=O)c1csc2c1c(=O)n(Cc1ccccc1)c(=O)n2C. The largest absolute Gasteiger partial charge is 0.496 e. The molecule has 0 aliphatic heterocycles. The minimum Gasteiger partial charge on any atom is -0.496 e. The molecule has 0 atom stereocenters. The molecular formula is C23H19BrN2O5S. The molecule has 164 valence electrons. The van der Waals surface area contributed by atoms with Gasteiger partial charge in [-0.05, 0) is 23.8 Å². The number of thiophene rings is 1. The summed E-state index contributed by atoms with van der Waals surface area (Å²) in [5, 5.41) is 1.73. The van der Waals surface area contributed by atoms with Gasteiger partial charge in [-0.3, -0.25) is 13.9 Å². The fraction of sp³-hybridized carbons (Fsp3) is 0.174. The quantitative estimate of drug-likeness (QED) is 0.364. The van der Waals surface area contributed by atoms with Crippen LogP contribution in [0.3, 0.4) is 0 Å². The van der Waals surface area contributed by atoms with Gasteiger partial charge in [0.15, 0.2) is 0 Å². The Kier molecular flexibility index (Phi) is 6.29. The Balaban J connectivity index is 1.71. The van der Waals surface area contributed by atoms with Gasteiger partial charge in [-0.2, -0.15) is 0 Å². The van der Waals surface area contributed by atoms with E-state index in [1.165, 1.54) is 11.7 Å². The highest BCUT2D eigenvalue weighted by Crippen LogP contribution is 2.26. The molecule has 0 radical (unpaired) electrons. The van der Waals surface area contributed by atoms with Crippen molar-refractivity contribution in [1.29, 1.82) is 0 Å². The van der Waals surface area contributed by atoms with Crippen molar-refractivity contribution in [2.24, 2.45) is 7.05 Å². The number of hydrogen-bond acceptors (Lipinski definition) is 6. The highest BCUT2D eigenvalue weighted by Gasteiger charge is 2.22. The van der Waals surface area contributed by atoms with Crippen molar-refractivity contribution >= 4 is 43.5 Å². The molecule has 7 nitrogen and oxygen atoms in total. The summed E-state index contributed by atoms with van der Waals surface area (Å²) in [5.41, 5.74) is 0.685. The summed E-state index contributed by atoms with van der Waals surface area (Å²) in [6, 6.07) is 14.6. The normalized spacial score (nSPS) is 11.0. The third-order valence-electron chi connectivity index (χ3n) is 5.06. The standard InChI is InChI=1S/C23H19BrN2O5S/c1-25-21-19(20(27)26(23(25)29)11-14-6-4-3-5-7-14)17(13-32-21)22(28)31-12-15-10-16(24)8-9-18(15)30-2/h3-10,13H,11-12H2,1-2H3. The zero-order valence-electron chi connectivity index (χ0n) is 17.3. The Morgan fingerprint density at radius 3 is 2.59 bits per heavy atom. The van der Waals surface area contributed by atoms with E-state index in [-0.39, 0.29) is 24.1 Å². The first-order valence-corrected chi connectivity index (χ1v) is 11.3. The van der Waals surface area contributed by atoms with E-state index in [1.54, 1.807) is 24.6 Å². The first kappa shape index (κ1) is 22.0. The number of aromatic nitrogens is 2. The number of aryl methyl sites for hydroxylation is 1. The number of benzene rings is 2. The minimum atomic E-state index is -0.639. The predicted octanol–water partition coefficient (Wildman–Crippen LogP) is 3.94. The number of ether oxygens (including phenoxy) is 2. The van der Waals surface area contributed by atoms with Crippen LogP contribution in [0, 0.1) is 0 Å². The smallest absolute Gasteiger partial charge is 0.340 e. The first-order valence-electron chi connectivity index (χ1n) is 9.65. The van der Waals surface area contributed by atoms with E-state index in [2.05, 4.69) is 15.9 Å². The third kappa shape index (κ3) is 4.13. The molecule has 9 heteroatoms. The van der Waals surface area contributed by atoms with Crippen molar-refractivity contribution in [3.05, 3.63) is 95.9 Å². The maximum absolute atomic E-state index is 13.2. The van der Waals surface area contributed by atoms with Crippen LogP contribution < -0.4 is 16.0 Å². The van der Waals surface area contributed by atoms with Crippen molar-refractivity contribution in [2.75, 3.05) is 7.11 Å². The molecule has 0 N–H and O–H groups in total. The maximum atomic E-state index is 13.2. The second kappa shape index (κ2) is 9.13. The van der Waals surface area contributed by atoms with E-state index in [0.717, 1.165) is 25.9 Å². The molecular weight excluding hydrogens is 496 g/mol. The molecule has 0 saturated heterocycles. The molecule has 0 bridgehead atoms. The van der Waals surface area contributed by atoms with Gasteiger partial charge in [0.05, 0.1) is 24.6 Å². The van der Waals surface area contributed by atoms with Gasteiger partial charge in [0.25, 0.3) is 5.56 Å². The molecule has 32 heavy (non-hydrogen) atoms. The van der Waals surface area contributed by atoms with Crippen LogP contribution in [-0.2, 0) is 24.9 Å². The predicted molar refractivity (Wildman–Crippen MR) is 127 cm³/mol. The average Bonchev–Trinajstić information content (AvgIpc) is 3.25. The summed E-state index contributed by atoms with van der Waals surface area (Å²) < 4.78 is 14.2. The monoisotopic (exact) mass is 514 g/mol. The summed E-state index contributed by atoms with van der Waals surface area (Å²) in [7, 11) is 3.13. The zero-order valence-corrected chi connectivity index (χ0v) is 19.7. The van der Waals surface area contributed by atoms with Crippen LogP contribution in [-0.4, -0.2) is 22.2 Å². The summed E-state index contributed by atoms with van der Waals surface area (Å²) in [6.07, 6.45) is 0. The van der Waals surface area contributed by atoms with Crippen LogP contribution in [0.4, 0.5) is 0 Å². The van der Waals surface area contributed by atoms with Gasteiger partial charge in [-0.15, -0.1) is 11.3 Å². The topological polar surface area (TPSA) is 79.5 Å². The fourth-order valence-electron chi connectivity index (χ4n) is 3.43. The summed E-state index contributed by atoms with van der Waals surface area (Å²) in [5.74, 6) is -0.0518. The number of fused-ring (bicyclic) bond motifs is 1. The van der Waals surface area contributed by atoms with E-state index in [0.29, 0.717) is 16.1 Å². The number of hydrogen-bond donors (Lipinski definition) is 0. The maximum Gasteiger partial charge on any atom is 0.340 e. The summed E-state index contributed by atoms with van der Waals surface area (Å²) in [4.78, 5) is 39.4. The number of methoxy groups -OCH3 is 1. The van der Waals surface area contributed by atoms with Gasteiger partial charge in [0.2, 0.25) is 0 Å². The molecule has 4 aromatic rings. The van der Waals surface area contributed by atoms with Crippen molar-refractivity contribution in [3.63, 3.8) is 0 Å². The lowest BCUT2D eigenvalue weighted by atomic mass is 10.2. The fourth-order valence-corrected chi connectivity index (χ4v) is 4.83. The lowest BCUT2D eigenvalue weighted by molar-refractivity contribution is 0.0473.